The predicted molar refractivity (Wildman–Crippen MR) is 114 cm³/mol. The van der Waals surface area contributed by atoms with Crippen LogP contribution in [0.5, 0.6) is 0 Å². The van der Waals surface area contributed by atoms with E-state index in [1.165, 1.54) is 18.4 Å². The Labute approximate surface area is 179 Å². The van der Waals surface area contributed by atoms with Gasteiger partial charge in [-0.05, 0) is 66.7 Å². The van der Waals surface area contributed by atoms with E-state index in [1.54, 1.807) is 0 Å². The van der Waals surface area contributed by atoms with E-state index in [1.807, 2.05) is 19.1 Å². The van der Waals surface area contributed by atoms with Crippen molar-refractivity contribution in [1.29, 1.82) is 0 Å². The van der Waals surface area contributed by atoms with Crippen molar-refractivity contribution in [3.63, 3.8) is 0 Å². The lowest BCUT2D eigenvalue weighted by Gasteiger charge is -2.51. The zero-order valence-electron chi connectivity index (χ0n) is 18.7. The Balaban J connectivity index is 1.63. The van der Waals surface area contributed by atoms with Gasteiger partial charge in [-0.25, -0.2) is 0 Å². The first-order valence-electron chi connectivity index (χ1n) is 11.3. The summed E-state index contributed by atoms with van der Waals surface area (Å²) < 4.78 is 12.4. The largest absolute Gasteiger partial charge is 0.392 e. The molecule has 0 saturated carbocycles. The summed E-state index contributed by atoms with van der Waals surface area (Å²) in [6, 6.07) is 0. The molecule has 0 radical (unpaired) electrons. The number of carbonyl (C=O) groups excluding carboxylic acids is 1. The van der Waals surface area contributed by atoms with Crippen LogP contribution >= 0.6 is 0 Å². The molecule has 2 aliphatic carbocycles. The molecular weight excluding hydrogens is 380 g/mol. The average molecular weight is 417 g/mol. The standard InChI is InChI=1S/C25H36O5/c1-16-8-21-19(9-20(16)27)18(14-26)12-25(29-21)15-24(4,13-22(28)30-25)11-17-6-5-7-23(2,3)10-17/h8,10,12,19,21-22,26,28H,5-7,9,11,13-15H2,1-4H3. The van der Waals surface area contributed by atoms with E-state index < -0.39 is 12.1 Å². The number of ether oxygens (including phenoxy) is 2. The van der Waals surface area contributed by atoms with Gasteiger partial charge in [-0.1, -0.05) is 32.4 Å². The van der Waals surface area contributed by atoms with Crippen LogP contribution in [-0.4, -0.2) is 40.8 Å². The first kappa shape index (κ1) is 21.9. The van der Waals surface area contributed by atoms with Crippen LogP contribution in [0.2, 0.25) is 0 Å². The molecule has 5 nitrogen and oxygen atoms in total. The number of fused-ring (bicyclic) bond motifs is 1. The van der Waals surface area contributed by atoms with Gasteiger partial charge in [-0.15, -0.1) is 0 Å². The first-order valence-corrected chi connectivity index (χ1v) is 11.3. The summed E-state index contributed by atoms with van der Waals surface area (Å²) in [6.45, 7) is 8.45. The summed E-state index contributed by atoms with van der Waals surface area (Å²) in [5, 5.41) is 20.7. The highest BCUT2D eigenvalue weighted by Crippen LogP contribution is 2.51. The minimum atomic E-state index is -1.08. The fourth-order valence-electron chi connectivity index (χ4n) is 6.05. The van der Waals surface area contributed by atoms with Gasteiger partial charge in [0.25, 0.3) is 0 Å². The number of hydrogen-bond donors (Lipinski definition) is 2. The van der Waals surface area contributed by atoms with Gasteiger partial charge in [0.05, 0.1) is 12.7 Å². The normalized spacial score (nSPS) is 41.1. The van der Waals surface area contributed by atoms with Crippen molar-refractivity contribution >= 4 is 5.78 Å². The van der Waals surface area contributed by atoms with Gasteiger partial charge in [0, 0.05) is 25.2 Å². The maximum Gasteiger partial charge on any atom is 0.192 e. The van der Waals surface area contributed by atoms with Gasteiger partial charge in [-0.3, -0.25) is 4.79 Å². The highest BCUT2D eigenvalue weighted by Gasteiger charge is 2.52. The Morgan fingerprint density at radius 2 is 1.97 bits per heavy atom. The molecule has 2 heterocycles. The van der Waals surface area contributed by atoms with Crippen molar-refractivity contribution in [1.82, 2.24) is 0 Å². The number of aliphatic hydroxyl groups excluding tert-OH is 2. The van der Waals surface area contributed by atoms with Crippen LogP contribution in [0.4, 0.5) is 0 Å². The molecular formula is C25H36O5. The van der Waals surface area contributed by atoms with Crippen LogP contribution in [0.3, 0.4) is 0 Å². The topological polar surface area (TPSA) is 76.0 Å². The second-order valence-corrected chi connectivity index (χ2v) is 10.9. The van der Waals surface area contributed by atoms with E-state index in [9.17, 15) is 15.0 Å². The fraction of sp³-hybridized carbons (Fsp3) is 0.720. The van der Waals surface area contributed by atoms with Crippen LogP contribution in [-0.2, 0) is 14.3 Å². The van der Waals surface area contributed by atoms with E-state index in [-0.39, 0.29) is 35.2 Å². The third kappa shape index (κ3) is 4.36. The number of aliphatic hydroxyl groups is 2. The number of allylic oxidation sites excluding steroid dienone is 3. The SMILES string of the molecule is CC1=CC2OC3(C=C(CO)C2CC1=O)CC(C)(CC1=CC(C)(C)CCC1)CC(O)O3. The van der Waals surface area contributed by atoms with Crippen molar-refractivity contribution in [2.45, 2.75) is 90.8 Å². The number of carbonyl (C=O) groups is 1. The van der Waals surface area contributed by atoms with Gasteiger partial charge >= 0.3 is 0 Å². The summed E-state index contributed by atoms with van der Waals surface area (Å²) in [5.74, 6) is -1.14. The quantitative estimate of drug-likeness (QED) is 0.675. The molecule has 0 aromatic carbocycles. The highest BCUT2D eigenvalue weighted by atomic mass is 16.7. The van der Waals surface area contributed by atoms with Gasteiger partial charge in [0.1, 0.15) is 0 Å². The molecule has 4 rings (SSSR count). The molecule has 5 atom stereocenters. The molecule has 5 unspecified atom stereocenters. The van der Waals surface area contributed by atoms with Crippen molar-refractivity contribution in [2.24, 2.45) is 16.7 Å². The Bertz CT molecular complexity index is 806. The number of Topliss-reactive ketones (excluding diaryl/α,β-unsaturated/α-hetero) is 1. The highest BCUT2D eigenvalue weighted by molar-refractivity contribution is 5.96. The molecule has 30 heavy (non-hydrogen) atoms. The average Bonchev–Trinajstić information content (AvgIpc) is 2.60. The molecule has 0 aromatic heterocycles. The molecule has 5 heteroatoms. The molecule has 0 bridgehead atoms. The zero-order chi connectivity index (χ0) is 21.7. The molecule has 0 aromatic rings. The Morgan fingerprint density at radius 3 is 2.67 bits per heavy atom. The molecule has 2 N–H and O–H groups in total. The molecule has 166 valence electrons. The number of ketones is 1. The lowest BCUT2D eigenvalue weighted by Crippen LogP contribution is -2.54. The molecule has 2 aliphatic heterocycles. The van der Waals surface area contributed by atoms with E-state index in [0.29, 0.717) is 24.8 Å². The van der Waals surface area contributed by atoms with Crippen LogP contribution in [0.25, 0.3) is 0 Å². The molecule has 1 saturated heterocycles. The third-order valence-corrected chi connectivity index (χ3v) is 7.30. The summed E-state index contributed by atoms with van der Waals surface area (Å²) in [5.41, 5.74) is 2.97. The maximum absolute atomic E-state index is 12.2. The van der Waals surface area contributed by atoms with Crippen molar-refractivity contribution in [3.8, 4) is 0 Å². The Hall–Kier alpha value is -1.27. The van der Waals surface area contributed by atoms with E-state index >= 15 is 0 Å². The molecule has 1 fully saturated rings. The zero-order valence-corrected chi connectivity index (χ0v) is 18.7. The van der Waals surface area contributed by atoms with Gasteiger partial charge in [0.15, 0.2) is 17.9 Å². The summed E-state index contributed by atoms with van der Waals surface area (Å²) in [7, 11) is 0. The predicted octanol–water partition coefficient (Wildman–Crippen LogP) is 4.20. The lowest BCUT2D eigenvalue weighted by molar-refractivity contribution is -0.333. The van der Waals surface area contributed by atoms with Gasteiger partial charge < -0.3 is 19.7 Å². The van der Waals surface area contributed by atoms with Crippen molar-refractivity contribution < 1.29 is 24.5 Å². The number of hydrogen-bond acceptors (Lipinski definition) is 5. The van der Waals surface area contributed by atoms with Crippen LogP contribution in [0.15, 0.2) is 34.9 Å². The number of rotatable bonds is 3. The maximum atomic E-state index is 12.2. The second kappa shape index (κ2) is 7.70. The van der Waals surface area contributed by atoms with Crippen molar-refractivity contribution in [2.75, 3.05) is 6.61 Å². The van der Waals surface area contributed by atoms with Gasteiger partial charge in [0.2, 0.25) is 0 Å². The van der Waals surface area contributed by atoms with Crippen LogP contribution < -0.4 is 0 Å². The summed E-state index contributed by atoms with van der Waals surface area (Å²) in [6.07, 6.45) is 10.8. The first-order chi connectivity index (χ1) is 14.0. The Kier molecular flexibility index (Phi) is 5.63. The summed E-state index contributed by atoms with van der Waals surface area (Å²) in [4.78, 5) is 12.2. The second-order valence-electron chi connectivity index (χ2n) is 10.9. The minimum absolute atomic E-state index is 0.0939. The van der Waals surface area contributed by atoms with E-state index in [0.717, 1.165) is 18.4 Å². The molecule has 0 amide bonds. The van der Waals surface area contributed by atoms with Crippen LogP contribution in [0.1, 0.15) is 72.6 Å². The van der Waals surface area contributed by atoms with Crippen molar-refractivity contribution in [3.05, 3.63) is 34.9 Å². The fourth-order valence-corrected chi connectivity index (χ4v) is 6.05. The Morgan fingerprint density at radius 1 is 1.20 bits per heavy atom. The smallest absolute Gasteiger partial charge is 0.192 e. The van der Waals surface area contributed by atoms with Gasteiger partial charge in [-0.2, -0.15) is 0 Å². The molecule has 1 spiro atoms. The van der Waals surface area contributed by atoms with Crippen LogP contribution in [0, 0.1) is 16.7 Å². The van der Waals surface area contributed by atoms with E-state index in [2.05, 4.69) is 26.8 Å². The monoisotopic (exact) mass is 416 g/mol. The van der Waals surface area contributed by atoms with E-state index in [4.69, 9.17) is 9.47 Å². The lowest BCUT2D eigenvalue weighted by atomic mass is 9.68. The third-order valence-electron chi connectivity index (χ3n) is 7.30. The summed E-state index contributed by atoms with van der Waals surface area (Å²) >= 11 is 0. The molecule has 4 aliphatic rings. The minimum Gasteiger partial charge on any atom is -0.392 e.